The number of anilines is 1. The number of halogens is 5. The average Bonchev–Trinajstić information content (AvgIpc) is 3.58. The van der Waals surface area contributed by atoms with E-state index in [0.29, 0.717) is 12.8 Å². The van der Waals surface area contributed by atoms with Crippen molar-refractivity contribution in [3.8, 4) is 17.2 Å². The summed E-state index contributed by atoms with van der Waals surface area (Å²) in [6.45, 7) is -0.893. The maximum absolute atomic E-state index is 15.0. The second kappa shape index (κ2) is 10.3. The molecule has 1 aromatic heterocycles. The molecule has 3 N–H and O–H groups in total. The minimum Gasteiger partial charge on any atom is -0.496 e. The van der Waals surface area contributed by atoms with Gasteiger partial charge in [0.25, 0.3) is 12.3 Å². The topological polar surface area (TPSA) is 102 Å². The number of methoxy groups -OCH3 is 1. The first-order valence-corrected chi connectivity index (χ1v) is 11.2. The summed E-state index contributed by atoms with van der Waals surface area (Å²) in [6.07, 6.45) is -0.373. The molecule has 3 amide bonds. The number of nitrogens with zero attached hydrogens (tertiary/aromatic N) is 1. The lowest BCUT2D eigenvalue weighted by molar-refractivity contribution is 0.0889. The molecule has 0 bridgehead atoms. The highest BCUT2D eigenvalue weighted by atomic mass is 35.5. The molecule has 14 heteroatoms. The first-order chi connectivity index (χ1) is 17.5. The molecule has 0 unspecified atom stereocenters. The van der Waals surface area contributed by atoms with Crippen molar-refractivity contribution in [1.29, 1.82) is 0 Å². The summed E-state index contributed by atoms with van der Waals surface area (Å²) in [5, 5.41) is 6.26. The Morgan fingerprint density at radius 3 is 2.59 bits per heavy atom. The summed E-state index contributed by atoms with van der Waals surface area (Å²) in [5.41, 5.74) is -1.13. The second-order valence-corrected chi connectivity index (χ2v) is 8.56. The molecule has 4 rings (SSSR count). The highest BCUT2D eigenvalue weighted by molar-refractivity contribution is 6.34. The summed E-state index contributed by atoms with van der Waals surface area (Å²) in [6, 6.07) is 3.83. The smallest absolute Gasteiger partial charge is 0.319 e. The summed E-state index contributed by atoms with van der Waals surface area (Å²) in [4.78, 5) is 28.6. The van der Waals surface area contributed by atoms with E-state index in [9.17, 15) is 22.8 Å². The molecule has 1 saturated carbocycles. The number of carbonyl (C=O) groups excluding carboxylic acids is 2. The van der Waals surface area contributed by atoms with Gasteiger partial charge in [-0.05, 0) is 25.0 Å². The molecule has 192 valence electrons. The number of ether oxygens (including phenoxy) is 2. The van der Waals surface area contributed by atoms with Crippen molar-refractivity contribution in [2.75, 3.05) is 19.0 Å². The van der Waals surface area contributed by atoms with Crippen LogP contribution < -0.4 is 25.4 Å². The Morgan fingerprint density at radius 2 is 1.95 bits per heavy atom. The molecule has 1 aliphatic rings. The van der Waals surface area contributed by atoms with Gasteiger partial charge in [0, 0.05) is 29.2 Å². The zero-order valence-electron chi connectivity index (χ0n) is 19.1. The van der Waals surface area contributed by atoms with Gasteiger partial charge in [0.05, 0.1) is 30.4 Å². The van der Waals surface area contributed by atoms with E-state index in [0.717, 1.165) is 6.07 Å². The lowest BCUT2D eigenvalue weighted by Gasteiger charge is -2.16. The van der Waals surface area contributed by atoms with E-state index in [-0.39, 0.29) is 33.7 Å². The third-order valence-electron chi connectivity index (χ3n) is 5.41. The van der Waals surface area contributed by atoms with Crippen LogP contribution in [0.3, 0.4) is 0 Å². The van der Waals surface area contributed by atoms with E-state index in [1.54, 1.807) is 0 Å². The Balaban J connectivity index is 1.66. The molecule has 1 heterocycles. The van der Waals surface area contributed by atoms with E-state index in [1.165, 1.54) is 31.5 Å². The molecule has 8 nitrogen and oxygen atoms in total. The van der Waals surface area contributed by atoms with E-state index in [2.05, 4.69) is 20.9 Å². The van der Waals surface area contributed by atoms with Crippen molar-refractivity contribution in [3.63, 3.8) is 0 Å². The quantitative estimate of drug-likeness (QED) is 0.219. The van der Waals surface area contributed by atoms with Crippen LogP contribution in [0.5, 0.6) is 17.2 Å². The van der Waals surface area contributed by atoms with E-state index in [1.807, 2.05) is 0 Å². The number of hydrogen-bond donors (Lipinski definition) is 3. The van der Waals surface area contributed by atoms with Crippen LogP contribution in [-0.4, -0.2) is 50.3 Å². The van der Waals surface area contributed by atoms with E-state index >= 15 is 4.39 Å². The second-order valence-electron chi connectivity index (χ2n) is 8.18. The Morgan fingerprint density at radius 1 is 1.22 bits per heavy atom. The number of carbonyl (C=O) groups is 2. The first kappa shape index (κ1) is 26.3. The lowest BCUT2D eigenvalue weighted by Crippen LogP contribution is -2.40. The molecule has 37 heavy (non-hydrogen) atoms. The van der Waals surface area contributed by atoms with Crippen molar-refractivity contribution >= 4 is 48.0 Å². The molecule has 0 aliphatic heterocycles. The maximum atomic E-state index is 15.0. The van der Waals surface area contributed by atoms with Crippen LogP contribution in [0.15, 0.2) is 30.5 Å². The number of nitrogens with one attached hydrogen (secondary N) is 3. The van der Waals surface area contributed by atoms with E-state index in [4.69, 9.17) is 28.9 Å². The van der Waals surface area contributed by atoms with E-state index < -0.39 is 52.8 Å². The molecule has 2 radical (unpaired) electrons. The van der Waals surface area contributed by atoms with Crippen molar-refractivity contribution in [3.05, 3.63) is 52.7 Å². The van der Waals surface area contributed by atoms with Gasteiger partial charge in [0.15, 0.2) is 17.4 Å². The Hall–Kier alpha value is -3.74. The molecule has 0 spiro atoms. The van der Waals surface area contributed by atoms with Crippen LogP contribution in [0.2, 0.25) is 5.02 Å². The third kappa shape index (κ3) is 5.82. The number of urea groups is 1. The summed E-state index contributed by atoms with van der Waals surface area (Å²) < 4.78 is 65.7. The van der Waals surface area contributed by atoms with Crippen LogP contribution in [-0.2, 0) is 0 Å². The van der Waals surface area contributed by atoms with Gasteiger partial charge >= 0.3 is 6.03 Å². The number of fused-ring (bicyclic) bond motifs is 1. The summed E-state index contributed by atoms with van der Waals surface area (Å²) in [5.74, 6) is -4.35. The normalized spacial score (nSPS) is 13.8. The Labute approximate surface area is 214 Å². The number of aromatic nitrogens is 1. The summed E-state index contributed by atoms with van der Waals surface area (Å²) in [7, 11) is 7.06. The van der Waals surface area contributed by atoms with Crippen molar-refractivity contribution < 1.29 is 36.6 Å². The standard InChI is InChI=1S/C23H18BClF4N4O4/c1-36-16-8-13-10(6-11(16)21(34)31-9-17(27)28)15(2-5-30-13)37-20-12(26)7-14(18(25)19(20)29)32-22(35)33-23(24)3-4-23/h2,5-8,17H,3-4,9H2,1H3,(H,31,34)(H2,32,33,35). The lowest BCUT2D eigenvalue weighted by atomic mass is 9.94. The maximum Gasteiger partial charge on any atom is 0.319 e. The van der Waals surface area contributed by atoms with Crippen molar-refractivity contribution in [2.45, 2.75) is 24.7 Å². The molecule has 0 atom stereocenters. The molecule has 0 saturated heterocycles. The number of rotatable bonds is 8. The molecule has 3 aromatic rings. The number of amides is 3. The predicted octanol–water partition coefficient (Wildman–Crippen LogP) is 4.74. The van der Waals surface area contributed by atoms with Gasteiger partial charge in [0.1, 0.15) is 24.4 Å². The molecular formula is C23H18BClF4N4O4. The van der Waals surface area contributed by atoms with Crippen LogP contribution in [0.1, 0.15) is 23.2 Å². The average molecular weight is 537 g/mol. The number of pyridine rings is 1. The number of benzene rings is 2. The number of hydrogen-bond acceptors (Lipinski definition) is 5. The Kier molecular flexibility index (Phi) is 7.35. The van der Waals surface area contributed by atoms with Crippen LogP contribution in [0.4, 0.5) is 28.0 Å². The summed E-state index contributed by atoms with van der Waals surface area (Å²) >= 11 is 6.01. The molecule has 1 aliphatic carbocycles. The highest BCUT2D eigenvalue weighted by Gasteiger charge is 2.38. The van der Waals surface area contributed by atoms with Crippen molar-refractivity contribution in [2.24, 2.45) is 0 Å². The zero-order valence-corrected chi connectivity index (χ0v) is 19.9. The SMILES string of the molecule is [B]C1(NC(=O)Nc2cc(F)c(Oc3ccnc4cc(OC)c(C(=O)NCC(F)F)cc34)c(F)c2Cl)CC1. The van der Waals surface area contributed by atoms with Crippen molar-refractivity contribution in [1.82, 2.24) is 15.6 Å². The van der Waals surface area contributed by atoms with Gasteiger partial charge in [-0.15, -0.1) is 0 Å². The van der Waals surface area contributed by atoms with Crippen LogP contribution in [0.25, 0.3) is 10.9 Å². The molecule has 2 aromatic carbocycles. The minimum absolute atomic E-state index is 0.0310. The van der Waals surface area contributed by atoms with Gasteiger partial charge in [-0.3, -0.25) is 9.78 Å². The fraction of sp³-hybridized carbons (Fsp3) is 0.261. The fourth-order valence-electron chi connectivity index (χ4n) is 3.36. The molecular weight excluding hydrogens is 519 g/mol. The van der Waals surface area contributed by atoms with Gasteiger partial charge < -0.3 is 25.4 Å². The third-order valence-corrected chi connectivity index (χ3v) is 5.78. The van der Waals surface area contributed by atoms with Crippen LogP contribution >= 0.6 is 11.6 Å². The minimum atomic E-state index is -2.78. The largest absolute Gasteiger partial charge is 0.496 e. The monoisotopic (exact) mass is 536 g/mol. The Bertz CT molecular complexity index is 1390. The van der Waals surface area contributed by atoms with Crippen LogP contribution in [0, 0.1) is 11.6 Å². The first-order valence-electron chi connectivity index (χ1n) is 10.8. The number of alkyl halides is 2. The fourth-order valence-corrected chi connectivity index (χ4v) is 3.55. The van der Waals surface area contributed by atoms with Gasteiger partial charge in [-0.25, -0.2) is 22.4 Å². The highest BCUT2D eigenvalue weighted by Crippen LogP contribution is 2.39. The zero-order chi connectivity index (χ0) is 26.9. The van der Waals surface area contributed by atoms with Gasteiger partial charge in [-0.2, -0.15) is 0 Å². The predicted molar refractivity (Wildman–Crippen MR) is 128 cm³/mol. The van der Waals surface area contributed by atoms with Gasteiger partial charge in [0.2, 0.25) is 0 Å². The molecule has 1 fully saturated rings. The van der Waals surface area contributed by atoms with Gasteiger partial charge in [-0.1, -0.05) is 11.6 Å².